The first-order valence-corrected chi connectivity index (χ1v) is 9.22. The Morgan fingerprint density at radius 1 is 1.00 bits per heavy atom. The van der Waals surface area contributed by atoms with E-state index in [0.29, 0.717) is 11.5 Å². The zero-order valence-corrected chi connectivity index (χ0v) is 18.0. The standard InChI is InChI=1S/C15H13Cl6N3O2/c1-25-10-4-3-9(7-11(10)26-2)5-6-24-22-12(14(16,17)18)8-13(23-24)15(19,20)21/h3-8,22H,1-2H3. The van der Waals surface area contributed by atoms with Crippen LogP contribution < -0.4 is 14.9 Å². The molecule has 1 aromatic carbocycles. The highest BCUT2D eigenvalue weighted by Crippen LogP contribution is 2.37. The second kappa shape index (κ2) is 8.55. The van der Waals surface area contributed by atoms with Gasteiger partial charge in [0, 0.05) is 6.20 Å². The van der Waals surface area contributed by atoms with Gasteiger partial charge in [0.2, 0.25) is 7.59 Å². The fourth-order valence-electron chi connectivity index (χ4n) is 1.93. The van der Waals surface area contributed by atoms with E-state index in [1.54, 1.807) is 38.6 Å². The molecule has 0 bridgehead atoms. The molecule has 0 aliphatic carbocycles. The van der Waals surface area contributed by atoms with Gasteiger partial charge in [0.05, 0.1) is 19.9 Å². The molecule has 0 fully saturated rings. The Morgan fingerprint density at radius 3 is 2.19 bits per heavy atom. The highest BCUT2D eigenvalue weighted by atomic mass is 35.6. The third kappa shape index (κ3) is 5.65. The lowest BCUT2D eigenvalue weighted by atomic mass is 10.2. The summed E-state index contributed by atoms with van der Waals surface area (Å²) >= 11 is 35.5. The van der Waals surface area contributed by atoms with Crippen LogP contribution in [-0.4, -0.2) is 32.6 Å². The summed E-state index contributed by atoms with van der Waals surface area (Å²) < 4.78 is 6.91. The molecule has 26 heavy (non-hydrogen) atoms. The van der Waals surface area contributed by atoms with Crippen molar-refractivity contribution in [2.45, 2.75) is 7.59 Å². The molecule has 0 unspecified atom stereocenters. The van der Waals surface area contributed by atoms with E-state index in [9.17, 15) is 0 Å². The van der Waals surface area contributed by atoms with Crippen molar-refractivity contribution >= 4 is 81.4 Å². The lowest BCUT2D eigenvalue weighted by molar-refractivity contribution is 0.313. The number of alkyl halides is 6. The van der Waals surface area contributed by atoms with Gasteiger partial charge in [-0.15, -0.1) is 0 Å². The third-order valence-electron chi connectivity index (χ3n) is 3.14. The fraction of sp³-hybridized carbons (Fsp3) is 0.267. The van der Waals surface area contributed by atoms with Crippen molar-refractivity contribution < 1.29 is 9.47 Å². The molecule has 0 aromatic heterocycles. The Hall–Kier alpha value is -0.690. The topological polar surface area (TPSA) is 46.1 Å². The molecule has 0 saturated heterocycles. The van der Waals surface area contributed by atoms with Crippen LogP contribution in [0.1, 0.15) is 5.56 Å². The number of nitrogens with one attached hydrogen (secondary N) is 1. The minimum atomic E-state index is -1.79. The molecular formula is C15H13Cl6N3O2. The molecule has 0 amide bonds. The van der Waals surface area contributed by atoms with Gasteiger partial charge >= 0.3 is 0 Å². The summed E-state index contributed by atoms with van der Waals surface area (Å²) in [6.45, 7) is 0. The van der Waals surface area contributed by atoms with Crippen molar-refractivity contribution in [3.8, 4) is 11.5 Å². The van der Waals surface area contributed by atoms with Gasteiger partial charge in [-0.1, -0.05) is 75.7 Å². The van der Waals surface area contributed by atoms with E-state index in [0.717, 1.165) is 5.56 Å². The number of hydrogen-bond acceptors (Lipinski definition) is 5. The summed E-state index contributed by atoms with van der Waals surface area (Å²) in [5, 5.41) is 5.43. The molecule has 1 N–H and O–H groups in total. The number of hydrazone groups is 1. The number of ether oxygens (including phenoxy) is 2. The van der Waals surface area contributed by atoms with Gasteiger partial charge < -0.3 is 9.47 Å². The number of rotatable bonds is 4. The van der Waals surface area contributed by atoms with E-state index >= 15 is 0 Å². The Kier molecular flexibility index (Phi) is 7.10. The molecule has 142 valence electrons. The Morgan fingerprint density at radius 2 is 1.65 bits per heavy atom. The first-order chi connectivity index (χ1) is 12.0. The number of hydrogen-bond donors (Lipinski definition) is 1. The van der Waals surface area contributed by atoms with E-state index in [4.69, 9.17) is 79.1 Å². The van der Waals surface area contributed by atoms with E-state index in [-0.39, 0.29) is 11.4 Å². The van der Waals surface area contributed by atoms with Crippen molar-refractivity contribution in [2.24, 2.45) is 5.10 Å². The number of benzene rings is 1. The zero-order valence-electron chi connectivity index (χ0n) is 13.4. The average Bonchev–Trinajstić information content (AvgIpc) is 2.57. The highest BCUT2D eigenvalue weighted by Gasteiger charge is 2.35. The predicted octanol–water partition coefficient (Wildman–Crippen LogP) is 5.48. The zero-order chi connectivity index (χ0) is 19.5. The number of hydrazine groups is 1. The molecule has 2 rings (SSSR count). The van der Waals surface area contributed by atoms with Crippen LogP contribution in [0.3, 0.4) is 0 Å². The summed E-state index contributed by atoms with van der Waals surface area (Å²) in [4.78, 5) is 0. The van der Waals surface area contributed by atoms with Crippen molar-refractivity contribution in [1.82, 2.24) is 10.5 Å². The number of nitrogens with zero attached hydrogens (tertiary/aromatic N) is 2. The first kappa shape index (κ1) is 21.6. The normalized spacial score (nSPS) is 15.5. The van der Waals surface area contributed by atoms with Crippen LogP contribution in [0.5, 0.6) is 11.5 Å². The van der Waals surface area contributed by atoms with Gasteiger partial charge in [0.15, 0.2) is 11.5 Å². The fourth-order valence-corrected chi connectivity index (χ4v) is 2.50. The van der Waals surface area contributed by atoms with Crippen LogP contribution >= 0.6 is 69.6 Å². The summed E-state index contributed by atoms with van der Waals surface area (Å²) in [7, 11) is 3.11. The van der Waals surface area contributed by atoms with Gasteiger partial charge in [-0.05, 0) is 29.8 Å². The SMILES string of the molecule is COc1ccc(C=CN2N=C(C(Cl)(Cl)Cl)C=C(C(Cl)(Cl)Cl)N2)cc1OC. The Balaban J connectivity index is 2.29. The van der Waals surface area contributed by atoms with Gasteiger partial charge in [-0.3, -0.25) is 5.43 Å². The molecule has 1 aliphatic rings. The lowest BCUT2D eigenvalue weighted by Crippen LogP contribution is -2.40. The molecule has 0 spiro atoms. The maximum Gasteiger partial charge on any atom is 0.234 e. The largest absolute Gasteiger partial charge is 0.493 e. The summed E-state index contributed by atoms with van der Waals surface area (Å²) in [5.74, 6) is 1.19. The molecule has 1 heterocycles. The second-order valence-corrected chi connectivity index (χ2v) is 9.49. The number of halogens is 6. The average molecular weight is 480 g/mol. The molecular weight excluding hydrogens is 467 g/mol. The van der Waals surface area contributed by atoms with Gasteiger partial charge in [-0.25, -0.2) is 0 Å². The van der Waals surface area contributed by atoms with Crippen LogP contribution in [-0.2, 0) is 0 Å². The maximum atomic E-state index is 5.92. The Labute approximate surface area is 181 Å². The van der Waals surface area contributed by atoms with Gasteiger partial charge in [-0.2, -0.15) is 10.2 Å². The number of methoxy groups -OCH3 is 2. The minimum absolute atomic E-state index is 0.0829. The molecule has 1 aliphatic heterocycles. The van der Waals surface area contributed by atoms with Gasteiger partial charge in [0.25, 0.3) is 0 Å². The minimum Gasteiger partial charge on any atom is -0.493 e. The molecule has 11 heteroatoms. The maximum absolute atomic E-state index is 5.92. The van der Waals surface area contributed by atoms with Crippen LogP contribution in [0.25, 0.3) is 6.08 Å². The van der Waals surface area contributed by atoms with Crippen LogP contribution in [0.15, 0.2) is 41.3 Å². The van der Waals surface area contributed by atoms with Crippen molar-refractivity contribution in [2.75, 3.05) is 14.2 Å². The van der Waals surface area contributed by atoms with Crippen molar-refractivity contribution in [1.29, 1.82) is 0 Å². The molecule has 0 atom stereocenters. The predicted molar refractivity (Wildman–Crippen MR) is 110 cm³/mol. The molecule has 5 nitrogen and oxygen atoms in total. The number of allylic oxidation sites excluding steroid dienone is 2. The van der Waals surface area contributed by atoms with Crippen LogP contribution in [0.4, 0.5) is 0 Å². The summed E-state index contributed by atoms with van der Waals surface area (Å²) in [5.41, 5.74) is 3.87. The Bertz CT molecular complexity index is 753. The van der Waals surface area contributed by atoms with Crippen molar-refractivity contribution in [3.63, 3.8) is 0 Å². The van der Waals surface area contributed by atoms with Gasteiger partial charge in [0.1, 0.15) is 5.71 Å². The van der Waals surface area contributed by atoms with E-state index < -0.39 is 7.59 Å². The quantitative estimate of drug-likeness (QED) is 0.581. The van der Waals surface area contributed by atoms with Crippen LogP contribution in [0, 0.1) is 0 Å². The highest BCUT2D eigenvalue weighted by molar-refractivity contribution is 6.78. The summed E-state index contributed by atoms with van der Waals surface area (Å²) in [6, 6.07) is 5.38. The van der Waals surface area contributed by atoms with E-state index in [1.165, 1.54) is 11.2 Å². The van der Waals surface area contributed by atoms with Crippen LogP contribution in [0.2, 0.25) is 0 Å². The summed E-state index contributed by atoms with van der Waals surface area (Å²) in [6.07, 6.45) is 4.66. The third-order valence-corrected chi connectivity index (χ3v) is 4.33. The van der Waals surface area contributed by atoms with Crippen molar-refractivity contribution in [3.05, 3.63) is 41.7 Å². The van der Waals surface area contributed by atoms with E-state index in [1.807, 2.05) is 6.07 Å². The molecule has 0 saturated carbocycles. The lowest BCUT2D eigenvalue weighted by Gasteiger charge is -2.29. The first-order valence-electron chi connectivity index (χ1n) is 6.95. The van der Waals surface area contributed by atoms with E-state index in [2.05, 4.69) is 10.5 Å². The second-order valence-electron chi connectivity index (χ2n) is 4.93. The smallest absolute Gasteiger partial charge is 0.234 e. The molecule has 1 aromatic rings. The molecule has 0 radical (unpaired) electrons. The monoisotopic (exact) mass is 477 g/mol.